The first-order valence-corrected chi connectivity index (χ1v) is 8.21. The van der Waals surface area contributed by atoms with E-state index in [0.29, 0.717) is 17.7 Å². The van der Waals surface area contributed by atoms with Gasteiger partial charge in [-0.3, -0.25) is 25.2 Å². The number of amides is 2. The van der Waals surface area contributed by atoms with Crippen LogP contribution in [0.25, 0.3) is 0 Å². The van der Waals surface area contributed by atoms with Gasteiger partial charge < -0.3 is 5.11 Å². The Hall–Kier alpha value is -2.15. The quantitative estimate of drug-likeness (QED) is 0.583. The summed E-state index contributed by atoms with van der Waals surface area (Å²) in [5.41, 5.74) is 7.62. The second kappa shape index (κ2) is 6.95. The highest BCUT2D eigenvalue weighted by atomic mass is 32.1. The van der Waals surface area contributed by atoms with Crippen molar-refractivity contribution in [1.82, 2.24) is 10.9 Å². The van der Waals surface area contributed by atoms with E-state index in [2.05, 4.69) is 10.9 Å². The summed E-state index contributed by atoms with van der Waals surface area (Å²) in [6, 6.07) is 1.82. The summed E-state index contributed by atoms with van der Waals surface area (Å²) in [5, 5.41) is 11.1. The molecule has 1 aliphatic carbocycles. The SMILES string of the molecule is CC1=C(C)C[C@H](C(=O)NNC(=O)c2sccc2C)[C@@H](C(=O)O)C1. The molecule has 6 nitrogen and oxygen atoms in total. The molecule has 3 N–H and O–H groups in total. The number of allylic oxidation sites excluding steroid dienone is 2. The van der Waals surface area contributed by atoms with Gasteiger partial charge >= 0.3 is 5.97 Å². The minimum Gasteiger partial charge on any atom is -0.481 e. The van der Waals surface area contributed by atoms with E-state index in [9.17, 15) is 19.5 Å². The van der Waals surface area contributed by atoms with Gasteiger partial charge in [-0.25, -0.2) is 0 Å². The van der Waals surface area contributed by atoms with E-state index in [1.807, 2.05) is 26.8 Å². The van der Waals surface area contributed by atoms with Crippen LogP contribution in [0, 0.1) is 18.8 Å². The van der Waals surface area contributed by atoms with E-state index in [1.54, 1.807) is 5.38 Å². The van der Waals surface area contributed by atoms with Crippen molar-refractivity contribution < 1.29 is 19.5 Å². The molecule has 1 heterocycles. The maximum Gasteiger partial charge on any atom is 0.307 e. The molecule has 0 saturated carbocycles. The predicted molar refractivity (Wildman–Crippen MR) is 86.9 cm³/mol. The standard InChI is InChI=1S/C16H20N2O4S/c1-8-4-5-23-13(8)15(20)18-17-14(19)11-6-9(2)10(3)7-12(11)16(21)22/h4-5,11-12H,6-7H2,1-3H3,(H,17,19)(H,18,20)(H,21,22)/t11-,12-/m0/s1. The number of hydrogen-bond acceptors (Lipinski definition) is 4. The zero-order chi connectivity index (χ0) is 17.1. The molecule has 2 amide bonds. The van der Waals surface area contributed by atoms with Crippen molar-refractivity contribution >= 4 is 29.1 Å². The lowest BCUT2D eigenvalue weighted by atomic mass is 9.76. The fourth-order valence-corrected chi connectivity index (χ4v) is 3.52. The van der Waals surface area contributed by atoms with Gasteiger partial charge in [-0.1, -0.05) is 11.1 Å². The van der Waals surface area contributed by atoms with E-state index < -0.39 is 29.6 Å². The largest absolute Gasteiger partial charge is 0.481 e. The highest BCUT2D eigenvalue weighted by molar-refractivity contribution is 7.12. The zero-order valence-electron chi connectivity index (χ0n) is 13.3. The van der Waals surface area contributed by atoms with Crippen molar-refractivity contribution in [2.75, 3.05) is 0 Å². The topological polar surface area (TPSA) is 95.5 Å². The lowest BCUT2D eigenvalue weighted by molar-refractivity contribution is -0.147. The molecular formula is C16H20N2O4S. The Balaban J connectivity index is 2.03. The summed E-state index contributed by atoms with van der Waals surface area (Å²) in [7, 11) is 0. The molecule has 1 aromatic heterocycles. The van der Waals surface area contributed by atoms with Crippen LogP contribution < -0.4 is 10.9 Å². The predicted octanol–water partition coefficient (Wildman–Crippen LogP) is 2.26. The molecular weight excluding hydrogens is 316 g/mol. The first kappa shape index (κ1) is 17.2. The number of hydrazine groups is 1. The molecule has 23 heavy (non-hydrogen) atoms. The molecule has 2 atom stereocenters. The van der Waals surface area contributed by atoms with Gasteiger partial charge in [0.2, 0.25) is 5.91 Å². The van der Waals surface area contributed by atoms with Crippen LogP contribution in [-0.4, -0.2) is 22.9 Å². The van der Waals surface area contributed by atoms with Gasteiger partial charge in [0, 0.05) is 0 Å². The summed E-state index contributed by atoms with van der Waals surface area (Å²) in [5.74, 6) is -3.29. The second-order valence-corrected chi connectivity index (χ2v) is 6.81. The van der Waals surface area contributed by atoms with Crippen LogP contribution in [0.15, 0.2) is 22.6 Å². The molecule has 1 aromatic rings. The average molecular weight is 336 g/mol. The van der Waals surface area contributed by atoms with Crippen molar-refractivity contribution in [3.05, 3.63) is 33.0 Å². The normalized spacial score (nSPS) is 21.0. The van der Waals surface area contributed by atoms with Crippen molar-refractivity contribution in [2.24, 2.45) is 11.8 Å². The van der Waals surface area contributed by atoms with Crippen LogP contribution in [0.2, 0.25) is 0 Å². The molecule has 0 saturated heterocycles. The third-order valence-corrected chi connectivity index (χ3v) is 5.30. The Kier molecular flexibility index (Phi) is 5.20. The van der Waals surface area contributed by atoms with E-state index in [1.165, 1.54) is 11.3 Å². The van der Waals surface area contributed by atoms with E-state index >= 15 is 0 Å². The van der Waals surface area contributed by atoms with Crippen LogP contribution in [0.1, 0.15) is 41.9 Å². The maximum absolute atomic E-state index is 12.3. The number of rotatable bonds is 3. The average Bonchev–Trinajstić information content (AvgIpc) is 2.92. The lowest BCUT2D eigenvalue weighted by Crippen LogP contribution is -2.48. The minimum absolute atomic E-state index is 0.358. The summed E-state index contributed by atoms with van der Waals surface area (Å²) < 4.78 is 0. The molecule has 7 heteroatoms. The summed E-state index contributed by atoms with van der Waals surface area (Å²) in [6.07, 6.45) is 0.750. The van der Waals surface area contributed by atoms with Crippen molar-refractivity contribution in [1.29, 1.82) is 0 Å². The number of carboxylic acids is 1. The van der Waals surface area contributed by atoms with Crippen LogP contribution in [0.4, 0.5) is 0 Å². The minimum atomic E-state index is -0.988. The molecule has 2 rings (SSSR count). The molecule has 0 unspecified atom stereocenters. The van der Waals surface area contributed by atoms with Crippen molar-refractivity contribution in [3.63, 3.8) is 0 Å². The Morgan fingerprint density at radius 2 is 1.70 bits per heavy atom. The van der Waals surface area contributed by atoms with E-state index in [0.717, 1.165) is 16.7 Å². The Labute approximate surface area is 138 Å². The van der Waals surface area contributed by atoms with Gasteiger partial charge in [0.25, 0.3) is 5.91 Å². The van der Waals surface area contributed by atoms with Crippen molar-refractivity contribution in [2.45, 2.75) is 33.6 Å². The van der Waals surface area contributed by atoms with E-state index in [-0.39, 0.29) is 0 Å². The third kappa shape index (κ3) is 3.79. The van der Waals surface area contributed by atoms with Crippen LogP contribution in [0.3, 0.4) is 0 Å². The number of aliphatic carboxylic acids is 1. The highest BCUT2D eigenvalue weighted by Gasteiger charge is 2.37. The zero-order valence-corrected chi connectivity index (χ0v) is 14.1. The third-order valence-electron chi connectivity index (χ3n) is 4.29. The highest BCUT2D eigenvalue weighted by Crippen LogP contribution is 2.34. The van der Waals surface area contributed by atoms with Gasteiger partial charge in [0.05, 0.1) is 16.7 Å². The molecule has 0 bridgehead atoms. The van der Waals surface area contributed by atoms with Gasteiger partial charge in [-0.05, 0) is 50.6 Å². The molecule has 0 radical (unpaired) electrons. The summed E-state index contributed by atoms with van der Waals surface area (Å²) in [4.78, 5) is 36.2. The number of thiophene rings is 1. The van der Waals surface area contributed by atoms with Gasteiger partial charge in [-0.2, -0.15) is 0 Å². The molecule has 0 aliphatic heterocycles. The fraction of sp³-hybridized carbons (Fsp3) is 0.438. The number of nitrogens with one attached hydrogen (secondary N) is 2. The molecule has 0 spiro atoms. The monoisotopic (exact) mass is 336 g/mol. The first-order valence-electron chi connectivity index (χ1n) is 7.33. The van der Waals surface area contributed by atoms with E-state index in [4.69, 9.17) is 0 Å². The van der Waals surface area contributed by atoms with Crippen LogP contribution in [0.5, 0.6) is 0 Å². The Bertz CT molecular complexity index is 677. The number of carbonyl (C=O) groups is 3. The van der Waals surface area contributed by atoms with Gasteiger partial charge in [-0.15, -0.1) is 11.3 Å². The summed E-state index contributed by atoms with van der Waals surface area (Å²) >= 11 is 1.29. The number of carbonyl (C=O) groups excluding carboxylic acids is 2. The molecule has 124 valence electrons. The maximum atomic E-state index is 12.3. The van der Waals surface area contributed by atoms with Gasteiger partial charge in [0.1, 0.15) is 0 Å². The lowest BCUT2D eigenvalue weighted by Gasteiger charge is -2.29. The van der Waals surface area contributed by atoms with Gasteiger partial charge in [0.15, 0.2) is 0 Å². The first-order chi connectivity index (χ1) is 10.8. The second-order valence-electron chi connectivity index (χ2n) is 5.90. The fourth-order valence-electron chi connectivity index (χ4n) is 2.70. The smallest absolute Gasteiger partial charge is 0.307 e. The number of carboxylic acid groups (broad SMARTS) is 1. The van der Waals surface area contributed by atoms with Crippen LogP contribution >= 0.6 is 11.3 Å². The molecule has 0 aromatic carbocycles. The van der Waals surface area contributed by atoms with Crippen molar-refractivity contribution in [3.8, 4) is 0 Å². The molecule has 1 aliphatic rings. The Morgan fingerprint density at radius 3 is 2.22 bits per heavy atom. The number of aryl methyl sites for hydroxylation is 1. The number of hydrogen-bond donors (Lipinski definition) is 3. The summed E-state index contributed by atoms with van der Waals surface area (Å²) in [6.45, 7) is 5.60. The van der Waals surface area contributed by atoms with Crippen LogP contribution in [-0.2, 0) is 9.59 Å². The Morgan fingerprint density at radius 1 is 1.09 bits per heavy atom. The molecule has 0 fully saturated rings.